The predicted molar refractivity (Wildman–Crippen MR) is 73.0 cm³/mol. The van der Waals surface area contributed by atoms with Crippen LogP contribution in [0.1, 0.15) is 23.2 Å². The molecule has 0 amide bonds. The highest BCUT2D eigenvalue weighted by Gasteiger charge is 2.18. The third-order valence-electron chi connectivity index (χ3n) is 3.51. The molecule has 0 radical (unpaired) electrons. The normalized spacial score (nSPS) is 13.5. The van der Waals surface area contributed by atoms with Crippen LogP contribution in [-0.2, 0) is 24.2 Å². The molecule has 0 aliphatic heterocycles. The molecule has 0 spiro atoms. The highest BCUT2D eigenvalue weighted by Crippen LogP contribution is 2.23. The molecule has 4 nitrogen and oxygen atoms in total. The molecule has 1 aliphatic carbocycles. The second-order valence-corrected chi connectivity index (χ2v) is 4.78. The Morgan fingerprint density at radius 1 is 1.32 bits per heavy atom. The van der Waals surface area contributed by atoms with Crippen molar-refractivity contribution in [1.82, 2.24) is 9.97 Å². The van der Waals surface area contributed by atoms with Gasteiger partial charge in [-0.2, -0.15) is 0 Å². The van der Waals surface area contributed by atoms with Crippen LogP contribution < -0.4 is 5.56 Å². The number of hydrogen-bond donors (Lipinski definition) is 1. The van der Waals surface area contributed by atoms with Crippen LogP contribution in [0.3, 0.4) is 0 Å². The first-order valence-electron chi connectivity index (χ1n) is 6.49. The molecule has 0 unspecified atom stereocenters. The summed E-state index contributed by atoms with van der Waals surface area (Å²) in [6.07, 6.45) is 2.77. The molecule has 1 N–H and O–H groups in total. The fourth-order valence-electron chi connectivity index (χ4n) is 2.60. The van der Waals surface area contributed by atoms with E-state index in [9.17, 15) is 4.79 Å². The van der Waals surface area contributed by atoms with E-state index >= 15 is 0 Å². The van der Waals surface area contributed by atoms with Gasteiger partial charge in [0.05, 0.1) is 12.3 Å². The number of nitrogens with one attached hydrogen (secondary N) is 1. The number of aromatic amines is 1. The van der Waals surface area contributed by atoms with E-state index in [-0.39, 0.29) is 5.56 Å². The minimum Gasteiger partial charge on any atom is -0.380 e. The summed E-state index contributed by atoms with van der Waals surface area (Å²) in [7, 11) is 1.66. The Morgan fingerprint density at radius 2 is 2.16 bits per heavy atom. The van der Waals surface area contributed by atoms with Crippen LogP contribution in [0.5, 0.6) is 0 Å². The molecule has 0 atom stereocenters. The summed E-state index contributed by atoms with van der Waals surface area (Å²) >= 11 is 0. The molecule has 0 saturated carbocycles. The van der Waals surface area contributed by atoms with E-state index in [2.05, 4.69) is 9.97 Å². The molecule has 0 bridgehead atoms. The largest absolute Gasteiger partial charge is 0.380 e. The summed E-state index contributed by atoms with van der Waals surface area (Å²) < 4.78 is 5.19. The lowest BCUT2D eigenvalue weighted by Gasteiger charge is -2.09. The van der Waals surface area contributed by atoms with Gasteiger partial charge in [0, 0.05) is 18.2 Å². The van der Waals surface area contributed by atoms with Gasteiger partial charge in [-0.25, -0.2) is 4.98 Å². The number of rotatable bonds is 3. The number of nitrogens with zero attached hydrogens (tertiary/aromatic N) is 1. The standard InChI is InChI=1S/C15H16N2O2/c1-19-9-10-5-2-3-6-11(10)14-16-13-8-4-7-12(13)15(18)17-14/h2-3,5-6H,4,7-9H2,1H3,(H,16,17,18). The monoisotopic (exact) mass is 256 g/mol. The molecule has 4 heteroatoms. The summed E-state index contributed by atoms with van der Waals surface area (Å²) in [6.45, 7) is 0.511. The fraction of sp³-hybridized carbons (Fsp3) is 0.333. The average Bonchev–Trinajstić information content (AvgIpc) is 2.88. The number of methoxy groups -OCH3 is 1. The topological polar surface area (TPSA) is 55.0 Å². The molecular formula is C15H16N2O2. The zero-order valence-electron chi connectivity index (χ0n) is 10.9. The Balaban J connectivity index is 2.13. The van der Waals surface area contributed by atoms with Crippen LogP contribution >= 0.6 is 0 Å². The van der Waals surface area contributed by atoms with Gasteiger partial charge < -0.3 is 9.72 Å². The van der Waals surface area contributed by atoms with Crippen molar-refractivity contribution in [3.63, 3.8) is 0 Å². The van der Waals surface area contributed by atoms with Gasteiger partial charge in [0.25, 0.3) is 5.56 Å². The summed E-state index contributed by atoms with van der Waals surface area (Å²) in [6, 6.07) is 7.87. The van der Waals surface area contributed by atoms with Crippen molar-refractivity contribution in [2.75, 3.05) is 7.11 Å². The van der Waals surface area contributed by atoms with Crippen LogP contribution in [0.2, 0.25) is 0 Å². The molecule has 19 heavy (non-hydrogen) atoms. The Kier molecular flexibility index (Phi) is 3.17. The quantitative estimate of drug-likeness (QED) is 0.914. The minimum atomic E-state index is 0.00437. The molecule has 98 valence electrons. The summed E-state index contributed by atoms with van der Waals surface area (Å²) in [4.78, 5) is 19.6. The minimum absolute atomic E-state index is 0.00437. The molecule has 3 rings (SSSR count). The van der Waals surface area contributed by atoms with Crippen molar-refractivity contribution in [2.45, 2.75) is 25.9 Å². The number of ether oxygens (including phenoxy) is 1. The van der Waals surface area contributed by atoms with Crippen molar-refractivity contribution < 1.29 is 4.74 Å². The first kappa shape index (κ1) is 12.1. The van der Waals surface area contributed by atoms with Gasteiger partial charge in [-0.05, 0) is 24.8 Å². The molecule has 1 aromatic carbocycles. The number of hydrogen-bond acceptors (Lipinski definition) is 3. The zero-order valence-corrected chi connectivity index (χ0v) is 10.9. The van der Waals surface area contributed by atoms with Gasteiger partial charge in [-0.15, -0.1) is 0 Å². The van der Waals surface area contributed by atoms with E-state index in [1.165, 1.54) is 0 Å². The third kappa shape index (κ3) is 2.19. The third-order valence-corrected chi connectivity index (χ3v) is 3.51. The Hall–Kier alpha value is -1.94. The Bertz CT molecular complexity index is 661. The lowest BCUT2D eigenvalue weighted by molar-refractivity contribution is 0.185. The van der Waals surface area contributed by atoms with Gasteiger partial charge in [0.2, 0.25) is 0 Å². The maximum atomic E-state index is 12.0. The second kappa shape index (κ2) is 4.97. The van der Waals surface area contributed by atoms with Gasteiger partial charge in [-0.3, -0.25) is 4.79 Å². The van der Waals surface area contributed by atoms with Crippen LogP contribution in [0.25, 0.3) is 11.4 Å². The van der Waals surface area contributed by atoms with E-state index in [1.807, 2.05) is 24.3 Å². The fourth-order valence-corrected chi connectivity index (χ4v) is 2.60. The molecule has 0 saturated heterocycles. The van der Waals surface area contributed by atoms with Crippen molar-refractivity contribution in [3.05, 3.63) is 51.4 Å². The highest BCUT2D eigenvalue weighted by molar-refractivity contribution is 5.60. The van der Waals surface area contributed by atoms with E-state index in [0.717, 1.165) is 41.6 Å². The van der Waals surface area contributed by atoms with Crippen LogP contribution in [0.4, 0.5) is 0 Å². The number of aromatic nitrogens is 2. The number of fused-ring (bicyclic) bond motifs is 1. The molecule has 1 heterocycles. The number of benzene rings is 1. The number of H-pyrrole nitrogens is 1. The van der Waals surface area contributed by atoms with Gasteiger partial charge >= 0.3 is 0 Å². The van der Waals surface area contributed by atoms with Crippen molar-refractivity contribution >= 4 is 0 Å². The van der Waals surface area contributed by atoms with Crippen molar-refractivity contribution in [1.29, 1.82) is 0 Å². The maximum absolute atomic E-state index is 12.0. The van der Waals surface area contributed by atoms with E-state index in [0.29, 0.717) is 12.4 Å². The maximum Gasteiger partial charge on any atom is 0.254 e. The Labute approximate surface area is 111 Å². The molecule has 2 aromatic rings. The lowest BCUT2D eigenvalue weighted by Crippen LogP contribution is -2.15. The molecular weight excluding hydrogens is 240 g/mol. The van der Waals surface area contributed by atoms with Gasteiger partial charge in [0.15, 0.2) is 0 Å². The molecule has 1 aliphatic rings. The summed E-state index contributed by atoms with van der Waals surface area (Å²) in [5.74, 6) is 0.651. The van der Waals surface area contributed by atoms with Crippen LogP contribution in [-0.4, -0.2) is 17.1 Å². The lowest BCUT2D eigenvalue weighted by atomic mass is 10.1. The first-order chi connectivity index (χ1) is 9.29. The van der Waals surface area contributed by atoms with E-state index in [4.69, 9.17) is 4.74 Å². The van der Waals surface area contributed by atoms with Crippen LogP contribution in [0.15, 0.2) is 29.1 Å². The van der Waals surface area contributed by atoms with Gasteiger partial charge in [0.1, 0.15) is 5.82 Å². The Morgan fingerprint density at radius 3 is 3.00 bits per heavy atom. The number of aryl methyl sites for hydroxylation is 1. The predicted octanol–water partition coefficient (Wildman–Crippen LogP) is 2.07. The summed E-state index contributed by atoms with van der Waals surface area (Å²) in [5.41, 5.74) is 3.78. The van der Waals surface area contributed by atoms with Crippen LogP contribution in [0, 0.1) is 0 Å². The van der Waals surface area contributed by atoms with Crippen molar-refractivity contribution in [2.24, 2.45) is 0 Å². The van der Waals surface area contributed by atoms with E-state index < -0.39 is 0 Å². The molecule has 0 fully saturated rings. The average molecular weight is 256 g/mol. The second-order valence-electron chi connectivity index (χ2n) is 4.78. The first-order valence-corrected chi connectivity index (χ1v) is 6.49. The van der Waals surface area contributed by atoms with Gasteiger partial charge in [-0.1, -0.05) is 24.3 Å². The zero-order chi connectivity index (χ0) is 13.2. The van der Waals surface area contributed by atoms with E-state index in [1.54, 1.807) is 7.11 Å². The SMILES string of the molecule is COCc1ccccc1-c1nc2c(c(=O)[nH]1)CCC2. The molecule has 1 aromatic heterocycles. The highest BCUT2D eigenvalue weighted by atomic mass is 16.5. The summed E-state index contributed by atoms with van der Waals surface area (Å²) in [5, 5.41) is 0. The smallest absolute Gasteiger partial charge is 0.254 e. The van der Waals surface area contributed by atoms with Crippen molar-refractivity contribution in [3.8, 4) is 11.4 Å².